The summed E-state index contributed by atoms with van der Waals surface area (Å²) in [6, 6.07) is 3.59. The first kappa shape index (κ1) is 20.8. The van der Waals surface area contributed by atoms with E-state index in [1.54, 1.807) is 12.3 Å². The minimum absolute atomic E-state index is 0.185. The van der Waals surface area contributed by atoms with Crippen LogP contribution in [0.1, 0.15) is 5.69 Å². The third kappa shape index (κ3) is 5.12. The SMILES string of the molecule is Cc1cn2cc(-c3nccc(OC4CNC4)n3)cc(Cl)c2n1.O=C(O)C(F)(F)F. The summed E-state index contributed by atoms with van der Waals surface area (Å²) in [5.74, 6) is -1.60. The lowest BCUT2D eigenvalue weighted by atomic mass is 10.2. The van der Waals surface area contributed by atoms with Gasteiger partial charge in [-0.1, -0.05) is 11.6 Å². The van der Waals surface area contributed by atoms with Crippen molar-refractivity contribution in [1.82, 2.24) is 24.7 Å². The third-order valence-corrected chi connectivity index (χ3v) is 4.07. The number of aryl methyl sites for hydroxylation is 1. The number of aromatic nitrogens is 4. The number of imidazole rings is 1. The van der Waals surface area contributed by atoms with E-state index in [2.05, 4.69) is 20.3 Å². The fourth-order valence-electron chi connectivity index (χ4n) is 2.36. The number of pyridine rings is 1. The molecule has 0 amide bonds. The van der Waals surface area contributed by atoms with Gasteiger partial charge in [0.2, 0.25) is 5.88 Å². The van der Waals surface area contributed by atoms with Crippen LogP contribution in [-0.4, -0.2) is 55.8 Å². The minimum Gasteiger partial charge on any atom is -0.475 e. The van der Waals surface area contributed by atoms with Gasteiger partial charge in [-0.05, 0) is 13.0 Å². The van der Waals surface area contributed by atoms with Gasteiger partial charge in [0.05, 0.1) is 10.7 Å². The standard InChI is InChI=1S/C15H14ClN5O.C2HF3O2/c1-9-7-21-8-10(4-12(16)15(21)19-9)14-18-3-2-13(20-14)22-11-5-17-6-11;3-2(4,5)1(6)7/h2-4,7-8,11,17H,5-6H2,1H3;(H,6,7). The van der Waals surface area contributed by atoms with Gasteiger partial charge in [-0.2, -0.15) is 18.2 Å². The molecule has 4 rings (SSSR count). The van der Waals surface area contributed by atoms with Crippen LogP contribution in [-0.2, 0) is 4.79 Å². The molecule has 3 aromatic rings. The number of carbonyl (C=O) groups is 1. The monoisotopic (exact) mass is 429 g/mol. The molecule has 0 bridgehead atoms. The van der Waals surface area contributed by atoms with Gasteiger partial charge in [0.1, 0.15) is 6.10 Å². The van der Waals surface area contributed by atoms with Crippen molar-refractivity contribution in [2.24, 2.45) is 0 Å². The van der Waals surface area contributed by atoms with Crippen LogP contribution in [0.15, 0.2) is 30.7 Å². The Bertz CT molecular complexity index is 1040. The molecule has 1 aliphatic heterocycles. The van der Waals surface area contributed by atoms with Gasteiger partial charge < -0.3 is 19.6 Å². The summed E-state index contributed by atoms with van der Waals surface area (Å²) in [6.07, 6.45) is 0.641. The lowest BCUT2D eigenvalue weighted by molar-refractivity contribution is -0.192. The molecule has 3 aromatic heterocycles. The fourth-order valence-corrected chi connectivity index (χ4v) is 2.62. The second-order valence-electron chi connectivity index (χ2n) is 6.11. The number of rotatable bonds is 3. The predicted molar refractivity (Wildman–Crippen MR) is 96.9 cm³/mol. The maximum atomic E-state index is 10.6. The van der Waals surface area contributed by atoms with Gasteiger partial charge in [0.15, 0.2) is 11.5 Å². The first-order valence-electron chi connectivity index (χ1n) is 8.29. The highest BCUT2D eigenvalue weighted by molar-refractivity contribution is 6.33. The number of halogens is 4. The number of hydrogen-bond acceptors (Lipinski definition) is 6. The van der Waals surface area contributed by atoms with E-state index in [1.807, 2.05) is 29.8 Å². The van der Waals surface area contributed by atoms with Gasteiger partial charge in [-0.3, -0.25) is 0 Å². The highest BCUT2D eigenvalue weighted by atomic mass is 35.5. The largest absolute Gasteiger partial charge is 0.490 e. The molecule has 1 aliphatic rings. The molecule has 2 N–H and O–H groups in total. The molecule has 0 saturated carbocycles. The molecule has 29 heavy (non-hydrogen) atoms. The summed E-state index contributed by atoms with van der Waals surface area (Å²) in [5.41, 5.74) is 2.47. The normalized spacial score (nSPS) is 14.1. The maximum Gasteiger partial charge on any atom is 0.490 e. The number of nitrogens with one attached hydrogen (secondary N) is 1. The number of aliphatic carboxylic acids is 1. The summed E-state index contributed by atoms with van der Waals surface area (Å²) >= 11 is 6.30. The smallest absolute Gasteiger partial charge is 0.475 e. The Labute approximate surface area is 167 Å². The molecule has 0 aliphatic carbocycles. The zero-order valence-corrected chi connectivity index (χ0v) is 15.7. The Kier molecular flexibility index (Phi) is 5.89. The van der Waals surface area contributed by atoms with E-state index in [9.17, 15) is 13.2 Å². The van der Waals surface area contributed by atoms with Gasteiger partial charge in [-0.25, -0.2) is 14.8 Å². The zero-order valence-electron chi connectivity index (χ0n) is 14.9. The third-order valence-electron chi connectivity index (χ3n) is 3.79. The summed E-state index contributed by atoms with van der Waals surface area (Å²) in [6.45, 7) is 3.64. The van der Waals surface area contributed by atoms with E-state index in [1.165, 1.54) is 0 Å². The van der Waals surface area contributed by atoms with Crippen molar-refractivity contribution in [3.63, 3.8) is 0 Å². The average molecular weight is 430 g/mol. The van der Waals surface area contributed by atoms with Crippen LogP contribution in [0, 0.1) is 6.92 Å². The molecule has 0 aromatic carbocycles. The number of nitrogens with zero attached hydrogens (tertiary/aromatic N) is 4. The van der Waals surface area contributed by atoms with Gasteiger partial charge in [-0.15, -0.1) is 0 Å². The van der Waals surface area contributed by atoms with Crippen molar-refractivity contribution in [3.05, 3.63) is 41.4 Å². The molecule has 1 saturated heterocycles. The van der Waals surface area contributed by atoms with Crippen LogP contribution >= 0.6 is 11.6 Å². The van der Waals surface area contributed by atoms with E-state index in [4.69, 9.17) is 26.2 Å². The Hall–Kier alpha value is -2.92. The molecule has 1 fully saturated rings. The Morgan fingerprint density at radius 1 is 1.34 bits per heavy atom. The predicted octanol–water partition coefficient (Wildman–Crippen LogP) is 2.74. The molecule has 154 valence electrons. The second kappa shape index (κ2) is 8.21. The van der Waals surface area contributed by atoms with Gasteiger partial charge in [0, 0.05) is 43.3 Å². The average Bonchev–Trinajstić information content (AvgIpc) is 2.99. The molecular formula is C17H15ClF3N5O3. The minimum atomic E-state index is -5.08. The summed E-state index contributed by atoms with van der Waals surface area (Å²) in [4.78, 5) is 22.1. The first-order valence-corrected chi connectivity index (χ1v) is 8.67. The summed E-state index contributed by atoms with van der Waals surface area (Å²) in [7, 11) is 0. The lowest BCUT2D eigenvalue weighted by Gasteiger charge is -2.27. The topological polar surface area (TPSA) is 102 Å². The van der Waals surface area contributed by atoms with Crippen LogP contribution in [0.5, 0.6) is 5.88 Å². The molecular weight excluding hydrogens is 415 g/mol. The number of carboxylic acids is 1. The van der Waals surface area contributed by atoms with Gasteiger partial charge >= 0.3 is 12.1 Å². The lowest BCUT2D eigenvalue weighted by Crippen LogP contribution is -2.50. The van der Waals surface area contributed by atoms with Crippen LogP contribution in [0.4, 0.5) is 13.2 Å². The molecule has 0 atom stereocenters. The second-order valence-corrected chi connectivity index (χ2v) is 6.52. The van der Waals surface area contributed by atoms with E-state index < -0.39 is 12.1 Å². The quantitative estimate of drug-likeness (QED) is 0.660. The Morgan fingerprint density at radius 2 is 2.03 bits per heavy atom. The van der Waals surface area contributed by atoms with Crippen LogP contribution in [0.25, 0.3) is 17.0 Å². The Morgan fingerprint density at radius 3 is 2.62 bits per heavy atom. The molecule has 0 unspecified atom stereocenters. The van der Waals surface area contributed by atoms with Crippen molar-refractivity contribution in [2.45, 2.75) is 19.2 Å². The number of alkyl halides is 3. The van der Waals surface area contributed by atoms with Crippen molar-refractivity contribution in [3.8, 4) is 17.3 Å². The highest BCUT2D eigenvalue weighted by Gasteiger charge is 2.38. The molecule has 4 heterocycles. The zero-order chi connectivity index (χ0) is 21.2. The number of fused-ring (bicyclic) bond motifs is 1. The highest BCUT2D eigenvalue weighted by Crippen LogP contribution is 2.25. The maximum absolute atomic E-state index is 10.6. The summed E-state index contributed by atoms with van der Waals surface area (Å²) in [5, 5.41) is 10.9. The van der Waals surface area contributed by atoms with Gasteiger partial charge in [0.25, 0.3) is 0 Å². The first-order chi connectivity index (χ1) is 13.6. The van der Waals surface area contributed by atoms with Crippen molar-refractivity contribution in [2.75, 3.05) is 13.1 Å². The summed E-state index contributed by atoms with van der Waals surface area (Å²) < 4.78 is 39.4. The van der Waals surface area contributed by atoms with E-state index in [-0.39, 0.29) is 6.10 Å². The molecule has 0 spiro atoms. The number of carboxylic acid groups (broad SMARTS) is 1. The van der Waals surface area contributed by atoms with Crippen LogP contribution in [0.2, 0.25) is 5.02 Å². The number of ether oxygens (including phenoxy) is 1. The number of hydrogen-bond donors (Lipinski definition) is 2. The van der Waals surface area contributed by atoms with E-state index >= 15 is 0 Å². The molecule has 8 nitrogen and oxygen atoms in total. The molecule has 12 heteroatoms. The van der Waals surface area contributed by atoms with E-state index in [0.717, 1.165) is 30.0 Å². The van der Waals surface area contributed by atoms with E-state index in [0.29, 0.717) is 16.7 Å². The Balaban J connectivity index is 0.000000298. The molecule has 0 radical (unpaired) electrons. The van der Waals surface area contributed by atoms with Crippen molar-refractivity contribution in [1.29, 1.82) is 0 Å². The van der Waals surface area contributed by atoms with Crippen LogP contribution < -0.4 is 10.1 Å². The van der Waals surface area contributed by atoms with Crippen LogP contribution in [0.3, 0.4) is 0 Å². The fraction of sp³-hybridized carbons (Fsp3) is 0.294. The van der Waals surface area contributed by atoms with Crippen molar-refractivity contribution < 1.29 is 27.8 Å². The van der Waals surface area contributed by atoms with Crippen molar-refractivity contribution >= 4 is 23.2 Å².